The molecule has 0 bridgehead atoms. The molecule has 0 aliphatic heterocycles. The van der Waals surface area contributed by atoms with Gasteiger partial charge in [-0.15, -0.1) is 0 Å². The predicted molar refractivity (Wildman–Crippen MR) is 68.4 cm³/mol. The van der Waals surface area contributed by atoms with Crippen LogP contribution in [0.25, 0.3) is 0 Å². The first-order valence-corrected chi connectivity index (χ1v) is 7.06. The summed E-state index contributed by atoms with van der Waals surface area (Å²) in [6.45, 7) is 7.37. The average Bonchev–Trinajstić information content (AvgIpc) is 2.57. The highest BCUT2D eigenvalue weighted by atomic mass is 19.3. The summed E-state index contributed by atoms with van der Waals surface area (Å²) in [4.78, 5) is 0. The number of rotatable bonds is 7. The average molecular weight is 247 g/mol. The Kier molecular flexibility index (Phi) is 5.84. The van der Waals surface area contributed by atoms with Crippen LogP contribution in [0.15, 0.2) is 0 Å². The number of nitrogens with one attached hydrogen (secondary N) is 1. The van der Waals surface area contributed by atoms with Gasteiger partial charge in [0.15, 0.2) is 0 Å². The highest BCUT2D eigenvalue weighted by molar-refractivity contribution is 4.88. The van der Waals surface area contributed by atoms with Gasteiger partial charge in [0, 0.05) is 18.9 Å². The maximum atomic E-state index is 13.2. The van der Waals surface area contributed by atoms with E-state index in [2.05, 4.69) is 26.1 Å². The van der Waals surface area contributed by atoms with Crippen LogP contribution in [0.3, 0.4) is 0 Å². The summed E-state index contributed by atoms with van der Waals surface area (Å²) in [5.41, 5.74) is 0. The Morgan fingerprint density at radius 2 is 2.00 bits per heavy atom. The fraction of sp³-hybridized carbons (Fsp3) is 1.00. The molecule has 0 aromatic rings. The molecule has 2 unspecified atom stereocenters. The standard InChI is InChI=1S/C14H27F2N/c1-4-17-13(7-5-6-11(2)3)12-8-9-14(15,16)10-12/h11-13,17H,4-10H2,1-3H3. The van der Waals surface area contributed by atoms with Gasteiger partial charge in [0.2, 0.25) is 5.92 Å². The summed E-state index contributed by atoms with van der Waals surface area (Å²) in [6.07, 6.45) is 4.26. The lowest BCUT2D eigenvalue weighted by Crippen LogP contribution is -2.35. The van der Waals surface area contributed by atoms with E-state index in [1.807, 2.05) is 0 Å². The summed E-state index contributed by atoms with van der Waals surface area (Å²) in [5, 5.41) is 3.40. The minimum atomic E-state index is -2.41. The fourth-order valence-electron chi connectivity index (χ4n) is 2.84. The highest BCUT2D eigenvalue weighted by Gasteiger charge is 2.41. The SMILES string of the molecule is CCNC(CCCC(C)C)C1CCC(F)(F)C1. The molecule has 2 atom stereocenters. The Hall–Kier alpha value is -0.180. The molecule has 0 saturated heterocycles. The molecule has 1 N–H and O–H groups in total. The molecule has 0 spiro atoms. The Morgan fingerprint density at radius 1 is 1.29 bits per heavy atom. The van der Waals surface area contributed by atoms with Gasteiger partial charge in [-0.25, -0.2) is 8.78 Å². The first kappa shape index (κ1) is 14.9. The van der Waals surface area contributed by atoms with Crippen LogP contribution in [0.4, 0.5) is 8.78 Å². The van der Waals surface area contributed by atoms with E-state index in [9.17, 15) is 8.78 Å². The van der Waals surface area contributed by atoms with Crippen molar-refractivity contribution in [3.05, 3.63) is 0 Å². The molecular formula is C14H27F2N. The van der Waals surface area contributed by atoms with Crippen LogP contribution < -0.4 is 5.32 Å². The fourth-order valence-corrected chi connectivity index (χ4v) is 2.84. The molecular weight excluding hydrogens is 220 g/mol. The van der Waals surface area contributed by atoms with Gasteiger partial charge in [0.1, 0.15) is 0 Å². The minimum absolute atomic E-state index is 0.0870. The lowest BCUT2D eigenvalue weighted by molar-refractivity contribution is 0.00311. The molecule has 1 aliphatic rings. The molecule has 3 heteroatoms. The van der Waals surface area contributed by atoms with E-state index < -0.39 is 5.92 Å². The van der Waals surface area contributed by atoms with Gasteiger partial charge in [-0.1, -0.05) is 33.6 Å². The Balaban J connectivity index is 2.37. The second kappa shape index (κ2) is 6.67. The topological polar surface area (TPSA) is 12.0 Å². The molecule has 1 saturated carbocycles. The van der Waals surface area contributed by atoms with Crippen molar-refractivity contribution < 1.29 is 8.78 Å². The minimum Gasteiger partial charge on any atom is -0.314 e. The second-order valence-corrected chi connectivity index (χ2v) is 5.85. The molecule has 0 aromatic heterocycles. The van der Waals surface area contributed by atoms with Crippen LogP contribution in [0.1, 0.15) is 59.3 Å². The molecule has 0 amide bonds. The van der Waals surface area contributed by atoms with Crippen LogP contribution in [-0.2, 0) is 0 Å². The van der Waals surface area contributed by atoms with Gasteiger partial charge >= 0.3 is 0 Å². The van der Waals surface area contributed by atoms with Crippen LogP contribution >= 0.6 is 0 Å². The molecule has 0 heterocycles. The monoisotopic (exact) mass is 247 g/mol. The molecule has 1 rings (SSSR count). The van der Waals surface area contributed by atoms with Crippen LogP contribution in [0.2, 0.25) is 0 Å². The maximum absolute atomic E-state index is 13.2. The van der Waals surface area contributed by atoms with Gasteiger partial charge in [-0.3, -0.25) is 0 Å². The Bertz CT molecular complexity index is 216. The third-order valence-corrected chi connectivity index (χ3v) is 3.77. The highest BCUT2D eigenvalue weighted by Crippen LogP contribution is 2.41. The molecule has 0 radical (unpaired) electrons. The van der Waals surface area contributed by atoms with E-state index in [4.69, 9.17) is 0 Å². The van der Waals surface area contributed by atoms with E-state index in [0.717, 1.165) is 19.4 Å². The summed E-state index contributed by atoms with van der Waals surface area (Å²) in [6, 6.07) is 0.298. The van der Waals surface area contributed by atoms with Gasteiger partial charge in [-0.05, 0) is 31.2 Å². The van der Waals surface area contributed by atoms with E-state index in [1.165, 1.54) is 6.42 Å². The lowest BCUT2D eigenvalue weighted by Gasteiger charge is -2.24. The summed E-state index contributed by atoms with van der Waals surface area (Å²) in [7, 11) is 0. The number of alkyl halides is 2. The van der Waals surface area contributed by atoms with E-state index in [1.54, 1.807) is 0 Å². The van der Waals surface area contributed by atoms with E-state index in [0.29, 0.717) is 18.4 Å². The Labute approximate surface area is 104 Å². The molecule has 17 heavy (non-hydrogen) atoms. The van der Waals surface area contributed by atoms with Crippen molar-refractivity contribution in [1.29, 1.82) is 0 Å². The van der Waals surface area contributed by atoms with Crippen LogP contribution in [0, 0.1) is 11.8 Å². The lowest BCUT2D eigenvalue weighted by atomic mass is 9.92. The largest absolute Gasteiger partial charge is 0.314 e. The van der Waals surface area contributed by atoms with Gasteiger partial charge in [0.25, 0.3) is 0 Å². The van der Waals surface area contributed by atoms with Gasteiger partial charge < -0.3 is 5.32 Å². The molecule has 1 nitrogen and oxygen atoms in total. The number of halogens is 2. The molecule has 0 aromatic carbocycles. The smallest absolute Gasteiger partial charge is 0.248 e. The summed E-state index contributed by atoms with van der Waals surface area (Å²) in [5.74, 6) is -1.52. The first-order chi connectivity index (χ1) is 7.94. The summed E-state index contributed by atoms with van der Waals surface area (Å²) < 4.78 is 26.4. The van der Waals surface area contributed by atoms with Gasteiger partial charge in [0.05, 0.1) is 0 Å². The van der Waals surface area contributed by atoms with Crippen molar-refractivity contribution in [2.24, 2.45) is 11.8 Å². The van der Waals surface area contributed by atoms with Crippen molar-refractivity contribution in [1.82, 2.24) is 5.32 Å². The number of hydrogen-bond acceptors (Lipinski definition) is 1. The van der Waals surface area contributed by atoms with Crippen molar-refractivity contribution >= 4 is 0 Å². The maximum Gasteiger partial charge on any atom is 0.248 e. The summed E-state index contributed by atoms with van der Waals surface area (Å²) >= 11 is 0. The first-order valence-electron chi connectivity index (χ1n) is 7.06. The second-order valence-electron chi connectivity index (χ2n) is 5.85. The van der Waals surface area contributed by atoms with Crippen LogP contribution in [0.5, 0.6) is 0 Å². The van der Waals surface area contributed by atoms with Gasteiger partial charge in [-0.2, -0.15) is 0 Å². The number of hydrogen-bond donors (Lipinski definition) is 1. The van der Waals surface area contributed by atoms with Crippen molar-refractivity contribution in [3.8, 4) is 0 Å². The normalized spacial score (nSPS) is 25.4. The zero-order valence-corrected chi connectivity index (χ0v) is 11.4. The van der Waals surface area contributed by atoms with Crippen LogP contribution in [-0.4, -0.2) is 18.5 Å². The molecule has 102 valence electrons. The van der Waals surface area contributed by atoms with Crippen molar-refractivity contribution in [2.45, 2.75) is 71.3 Å². The predicted octanol–water partition coefficient (Wildman–Crippen LogP) is 4.23. The van der Waals surface area contributed by atoms with E-state index in [-0.39, 0.29) is 18.8 Å². The van der Waals surface area contributed by atoms with E-state index >= 15 is 0 Å². The zero-order valence-electron chi connectivity index (χ0n) is 11.4. The quantitative estimate of drug-likeness (QED) is 0.710. The molecule has 1 aliphatic carbocycles. The third-order valence-electron chi connectivity index (χ3n) is 3.77. The zero-order chi connectivity index (χ0) is 12.9. The van der Waals surface area contributed by atoms with Crippen molar-refractivity contribution in [2.75, 3.05) is 6.54 Å². The van der Waals surface area contributed by atoms with Crippen molar-refractivity contribution in [3.63, 3.8) is 0 Å². The third kappa shape index (κ3) is 5.33. The molecule has 1 fully saturated rings. The Morgan fingerprint density at radius 3 is 2.47 bits per heavy atom.